The van der Waals surface area contributed by atoms with Crippen molar-refractivity contribution in [3.05, 3.63) is 42.4 Å². The van der Waals surface area contributed by atoms with E-state index < -0.39 is 0 Å². The summed E-state index contributed by atoms with van der Waals surface area (Å²) in [5.74, 6) is 0.858. The number of hydrogen-bond donors (Lipinski definition) is 2. The topological polar surface area (TPSA) is 89.0 Å². The molecule has 2 atom stereocenters. The predicted octanol–water partition coefficient (Wildman–Crippen LogP) is 1.13. The lowest BCUT2D eigenvalue weighted by atomic mass is 10.1. The van der Waals surface area contributed by atoms with E-state index in [4.69, 9.17) is 4.74 Å². The van der Waals surface area contributed by atoms with Crippen molar-refractivity contribution in [2.45, 2.75) is 12.3 Å². The predicted molar refractivity (Wildman–Crippen MR) is 75.4 cm³/mol. The van der Waals surface area contributed by atoms with Crippen LogP contribution in [0.4, 0.5) is 5.95 Å². The molecular weight excluding hydrogens is 270 g/mol. The number of aromatic nitrogens is 3. The molecule has 0 radical (unpaired) electrons. The van der Waals surface area contributed by atoms with Crippen molar-refractivity contribution in [3.8, 4) is 5.88 Å². The van der Waals surface area contributed by atoms with Crippen molar-refractivity contribution in [3.63, 3.8) is 0 Å². The molecule has 1 fully saturated rings. The number of hydrazine groups is 1. The average Bonchev–Trinajstić information content (AvgIpc) is 3.34. The first-order chi connectivity index (χ1) is 10.3. The van der Waals surface area contributed by atoms with Crippen molar-refractivity contribution < 1.29 is 9.53 Å². The number of anilines is 1. The third kappa shape index (κ3) is 3.07. The molecule has 1 saturated carbocycles. The molecule has 3 rings (SSSR count). The van der Waals surface area contributed by atoms with Crippen LogP contribution < -0.4 is 15.6 Å². The van der Waals surface area contributed by atoms with E-state index in [1.807, 2.05) is 12.1 Å². The van der Waals surface area contributed by atoms with Crippen molar-refractivity contribution in [2.24, 2.45) is 5.92 Å². The summed E-state index contributed by atoms with van der Waals surface area (Å²) in [7, 11) is 1.52. The first kappa shape index (κ1) is 13.3. The maximum Gasteiger partial charge on any atom is 0.245 e. The van der Waals surface area contributed by atoms with E-state index in [2.05, 4.69) is 25.8 Å². The molecule has 21 heavy (non-hydrogen) atoms. The second-order valence-electron chi connectivity index (χ2n) is 4.77. The van der Waals surface area contributed by atoms with E-state index in [1.165, 1.54) is 7.11 Å². The molecule has 2 aromatic rings. The molecule has 1 amide bonds. The number of carbonyl (C=O) groups excluding carboxylic acids is 1. The Hall–Kier alpha value is -2.70. The van der Waals surface area contributed by atoms with E-state index in [1.54, 1.807) is 24.7 Å². The monoisotopic (exact) mass is 285 g/mol. The zero-order chi connectivity index (χ0) is 14.7. The molecule has 0 unspecified atom stereocenters. The van der Waals surface area contributed by atoms with Gasteiger partial charge in [0.15, 0.2) is 0 Å². The van der Waals surface area contributed by atoms with Gasteiger partial charge in [-0.2, -0.15) is 4.98 Å². The highest BCUT2D eigenvalue weighted by molar-refractivity contribution is 5.83. The van der Waals surface area contributed by atoms with Gasteiger partial charge in [0.05, 0.1) is 7.11 Å². The smallest absolute Gasteiger partial charge is 0.245 e. The quantitative estimate of drug-likeness (QED) is 0.800. The van der Waals surface area contributed by atoms with E-state index in [-0.39, 0.29) is 17.7 Å². The highest BCUT2D eigenvalue weighted by Gasteiger charge is 2.44. The standard InChI is InChI=1S/C14H15N5O2/c1-21-12-4-6-16-14(17-12)19-18-13(20)11-7-10(11)9-3-2-5-15-8-9/h2-6,8,10-11H,7H2,1H3,(H,18,20)(H,16,17,19)/t10-,11+/m1/s1. The van der Waals surface area contributed by atoms with Gasteiger partial charge < -0.3 is 4.74 Å². The maximum absolute atomic E-state index is 12.0. The molecule has 0 spiro atoms. The van der Waals surface area contributed by atoms with Crippen LogP contribution in [0, 0.1) is 5.92 Å². The lowest BCUT2D eigenvalue weighted by Gasteiger charge is -2.07. The number of ether oxygens (including phenoxy) is 1. The number of pyridine rings is 1. The van der Waals surface area contributed by atoms with Crippen LogP contribution in [0.2, 0.25) is 0 Å². The third-order valence-corrected chi connectivity index (χ3v) is 3.38. The number of methoxy groups -OCH3 is 1. The normalized spacial score (nSPS) is 19.7. The number of carbonyl (C=O) groups is 1. The fourth-order valence-electron chi connectivity index (χ4n) is 2.17. The zero-order valence-electron chi connectivity index (χ0n) is 11.5. The van der Waals surface area contributed by atoms with Crippen LogP contribution in [-0.2, 0) is 4.79 Å². The zero-order valence-corrected chi connectivity index (χ0v) is 11.5. The van der Waals surface area contributed by atoms with Crippen LogP contribution in [0.1, 0.15) is 17.9 Å². The minimum absolute atomic E-state index is 0.0349. The first-order valence-electron chi connectivity index (χ1n) is 6.61. The molecule has 0 aromatic carbocycles. The Morgan fingerprint density at radius 1 is 1.38 bits per heavy atom. The van der Waals surface area contributed by atoms with Gasteiger partial charge in [-0.05, 0) is 24.0 Å². The molecule has 1 aliphatic rings. The molecule has 7 heteroatoms. The van der Waals surface area contributed by atoms with Gasteiger partial charge in [-0.1, -0.05) is 6.07 Å². The molecule has 7 nitrogen and oxygen atoms in total. The molecule has 1 aliphatic carbocycles. The third-order valence-electron chi connectivity index (χ3n) is 3.38. The van der Waals surface area contributed by atoms with E-state index >= 15 is 0 Å². The molecule has 108 valence electrons. The second kappa shape index (κ2) is 5.74. The van der Waals surface area contributed by atoms with Crippen LogP contribution in [0.3, 0.4) is 0 Å². The molecule has 0 saturated heterocycles. The fraction of sp³-hybridized carbons (Fsp3) is 0.286. The Balaban J connectivity index is 1.54. The van der Waals surface area contributed by atoms with Gasteiger partial charge >= 0.3 is 0 Å². The molecule has 0 aliphatic heterocycles. The molecule has 0 bridgehead atoms. The highest BCUT2D eigenvalue weighted by Crippen LogP contribution is 2.47. The number of hydrogen-bond acceptors (Lipinski definition) is 6. The van der Waals surface area contributed by atoms with Gasteiger partial charge in [0.25, 0.3) is 0 Å². The van der Waals surface area contributed by atoms with Crippen molar-refractivity contribution >= 4 is 11.9 Å². The summed E-state index contributed by atoms with van der Waals surface area (Å²) in [6.07, 6.45) is 5.91. The van der Waals surface area contributed by atoms with E-state index in [9.17, 15) is 4.79 Å². The summed E-state index contributed by atoms with van der Waals surface area (Å²) in [6, 6.07) is 5.50. The van der Waals surface area contributed by atoms with Gasteiger partial charge in [-0.3, -0.25) is 20.6 Å². The number of nitrogens with zero attached hydrogens (tertiary/aromatic N) is 3. The van der Waals surface area contributed by atoms with Crippen LogP contribution >= 0.6 is 0 Å². The summed E-state index contributed by atoms with van der Waals surface area (Å²) in [6.45, 7) is 0. The lowest BCUT2D eigenvalue weighted by Crippen LogP contribution is -2.31. The molecular formula is C14H15N5O2. The molecule has 2 heterocycles. The van der Waals surface area contributed by atoms with Crippen molar-refractivity contribution in [1.82, 2.24) is 20.4 Å². The first-order valence-corrected chi connectivity index (χ1v) is 6.61. The summed E-state index contributed by atoms with van der Waals surface area (Å²) < 4.78 is 4.99. The van der Waals surface area contributed by atoms with Crippen molar-refractivity contribution in [2.75, 3.05) is 12.5 Å². The van der Waals surface area contributed by atoms with Gasteiger partial charge in [0.1, 0.15) is 0 Å². The van der Waals surface area contributed by atoms with E-state index in [0.717, 1.165) is 12.0 Å². The van der Waals surface area contributed by atoms with Gasteiger partial charge in [-0.15, -0.1) is 0 Å². The van der Waals surface area contributed by atoms with Gasteiger partial charge in [-0.25, -0.2) is 4.98 Å². The minimum atomic E-state index is -0.0738. The molecule has 2 N–H and O–H groups in total. The van der Waals surface area contributed by atoms with Crippen LogP contribution in [-0.4, -0.2) is 28.0 Å². The minimum Gasteiger partial charge on any atom is -0.481 e. The number of nitrogens with one attached hydrogen (secondary N) is 2. The highest BCUT2D eigenvalue weighted by atomic mass is 16.5. The summed E-state index contributed by atoms with van der Waals surface area (Å²) in [4.78, 5) is 24.1. The fourth-order valence-corrected chi connectivity index (χ4v) is 2.17. The Morgan fingerprint density at radius 3 is 3.05 bits per heavy atom. The Labute approximate surface area is 121 Å². The van der Waals surface area contributed by atoms with Crippen LogP contribution in [0.5, 0.6) is 5.88 Å². The molecule has 2 aromatic heterocycles. The average molecular weight is 285 g/mol. The van der Waals surface area contributed by atoms with Crippen LogP contribution in [0.25, 0.3) is 0 Å². The van der Waals surface area contributed by atoms with Crippen molar-refractivity contribution in [1.29, 1.82) is 0 Å². The summed E-state index contributed by atoms with van der Waals surface area (Å²) in [5.41, 5.74) is 6.41. The Bertz CT molecular complexity index is 634. The largest absolute Gasteiger partial charge is 0.481 e. The van der Waals surface area contributed by atoms with Gasteiger partial charge in [0.2, 0.25) is 17.7 Å². The van der Waals surface area contributed by atoms with Gasteiger partial charge in [0, 0.05) is 30.6 Å². The lowest BCUT2D eigenvalue weighted by molar-refractivity contribution is -0.121. The second-order valence-corrected chi connectivity index (χ2v) is 4.77. The summed E-state index contributed by atoms with van der Waals surface area (Å²) >= 11 is 0. The Kier molecular flexibility index (Phi) is 3.63. The number of rotatable bonds is 5. The number of amides is 1. The SMILES string of the molecule is COc1ccnc(NNC(=O)[C@H]2C[C@@H]2c2cccnc2)n1. The van der Waals surface area contributed by atoms with Crippen LogP contribution in [0.15, 0.2) is 36.8 Å². The Morgan fingerprint density at radius 2 is 2.29 bits per heavy atom. The van der Waals surface area contributed by atoms with E-state index in [0.29, 0.717) is 11.8 Å². The summed E-state index contributed by atoms with van der Waals surface area (Å²) in [5, 5.41) is 0. The maximum atomic E-state index is 12.0.